The Bertz CT molecular complexity index is 677. The fourth-order valence-electron chi connectivity index (χ4n) is 2.34. The Balaban J connectivity index is 1.57. The summed E-state index contributed by atoms with van der Waals surface area (Å²) in [6.45, 7) is 1.37. The number of nitrogens with zero attached hydrogens (tertiary/aromatic N) is 2. The van der Waals surface area contributed by atoms with Gasteiger partial charge in [-0.05, 0) is 17.7 Å². The summed E-state index contributed by atoms with van der Waals surface area (Å²) in [6.07, 6.45) is 5.46. The van der Waals surface area contributed by atoms with Crippen LogP contribution in [-0.4, -0.2) is 21.5 Å². The molecule has 5 heteroatoms. The fourth-order valence-corrected chi connectivity index (χ4v) is 2.34. The molecule has 2 heterocycles. The Morgan fingerprint density at radius 3 is 2.73 bits per heavy atom. The Morgan fingerprint density at radius 2 is 2.00 bits per heavy atom. The molecule has 3 rings (SSSR count). The molecule has 1 aromatic carbocycles. The smallest absolute Gasteiger partial charge is 0.123 e. The monoisotopic (exact) mass is 297 g/mol. The summed E-state index contributed by atoms with van der Waals surface area (Å²) in [7, 11) is 0. The maximum Gasteiger partial charge on any atom is 0.123 e. The van der Waals surface area contributed by atoms with Gasteiger partial charge >= 0.3 is 0 Å². The van der Waals surface area contributed by atoms with Crippen molar-refractivity contribution in [2.75, 3.05) is 6.61 Å². The minimum Gasteiger partial charge on any atom is -0.468 e. The molecule has 22 heavy (non-hydrogen) atoms. The first-order valence-electron chi connectivity index (χ1n) is 7.28. The van der Waals surface area contributed by atoms with E-state index in [-0.39, 0.29) is 12.6 Å². The summed E-state index contributed by atoms with van der Waals surface area (Å²) in [5.41, 5.74) is 2.29. The minimum atomic E-state index is -0.201. The summed E-state index contributed by atoms with van der Waals surface area (Å²) in [5, 5.41) is 17.1. The van der Waals surface area contributed by atoms with Crippen molar-refractivity contribution in [1.29, 1.82) is 0 Å². The van der Waals surface area contributed by atoms with E-state index in [0.29, 0.717) is 6.54 Å². The van der Waals surface area contributed by atoms with Crippen LogP contribution in [0.25, 0.3) is 0 Å². The van der Waals surface area contributed by atoms with Crippen LogP contribution < -0.4 is 5.32 Å². The van der Waals surface area contributed by atoms with Crippen LogP contribution in [0.15, 0.2) is 65.5 Å². The molecule has 0 bridgehead atoms. The van der Waals surface area contributed by atoms with Gasteiger partial charge in [0.25, 0.3) is 0 Å². The SMILES string of the molecule is OCC(NCc1cnn(Cc2ccccc2)c1)c1ccco1. The molecular weight excluding hydrogens is 278 g/mol. The van der Waals surface area contributed by atoms with E-state index in [2.05, 4.69) is 22.5 Å². The summed E-state index contributed by atoms with van der Waals surface area (Å²) in [4.78, 5) is 0. The number of hydrogen-bond acceptors (Lipinski definition) is 4. The molecule has 0 aliphatic rings. The van der Waals surface area contributed by atoms with Gasteiger partial charge in [-0.3, -0.25) is 4.68 Å². The van der Waals surface area contributed by atoms with Crippen molar-refractivity contribution in [3.05, 3.63) is 78.0 Å². The third-order valence-electron chi connectivity index (χ3n) is 3.50. The average molecular weight is 297 g/mol. The highest BCUT2D eigenvalue weighted by Crippen LogP contribution is 2.13. The summed E-state index contributed by atoms with van der Waals surface area (Å²) in [6, 6.07) is 13.7. The fraction of sp³-hybridized carbons (Fsp3) is 0.235. The summed E-state index contributed by atoms with van der Waals surface area (Å²) >= 11 is 0. The summed E-state index contributed by atoms with van der Waals surface area (Å²) in [5.74, 6) is 0.735. The maximum atomic E-state index is 9.43. The molecular formula is C17H19N3O2. The van der Waals surface area contributed by atoms with E-state index in [1.54, 1.807) is 6.26 Å². The molecule has 0 aliphatic heterocycles. The zero-order valence-electron chi connectivity index (χ0n) is 12.2. The molecule has 0 saturated heterocycles. The van der Waals surface area contributed by atoms with Crippen molar-refractivity contribution >= 4 is 0 Å². The first-order valence-corrected chi connectivity index (χ1v) is 7.28. The Morgan fingerprint density at radius 1 is 1.14 bits per heavy atom. The van der Waals surface area contributed by atoms with E-state index in [9.17, 15) is 5.11 Å². The Hall–Kier alpha value is -2.37. The highest BCUT2D eigenvalue weighted by molar-refractivity contribution is 5.15. The third kappa shape index (κ3) is 3.63. The molecule has 0 saturated carbocycles. The van der Waals surface area contributed by atoms with Crippen molar-refractivity contribution in [2.24, 2.45) is 0 Å². The highest BCUT2D eigenvalue weighted by atomic mass is 16.3. The Kier molecular flexibility index (Phi) is 4.68. The van der Waals surface area contributed by atoms with Crippen molar-refractivity contribution in [3.63, 3.8) is 0 Å². The van der Waals surface area contributed by atoms with Crippen molar-refractivity contribution in [3.8, 4) is 0 Å². The van der Waals surface area contributed by atoms with E-state index in [4.69, 9.17) is 4.42 Å². The second-order valence-corrected chi connectivity index (χ2v) is 5.16. The largest absolute Gasteiger partial charge is 0.468 e. The van der Waals surface area contributed by atoms with E-state index in [1.165, 1.54) is 5.56 Å². The quantitative estimate of drug-likeness (QED) is 0.702. The predicted octanol–water partition coefficient (Wildman–Crippen LogP) is 2.35. The number of hydrogen-bond donors (Lipinski definition) is 2. The first-order chi connectivity index (χ1) is 10.8. The lowest BCUT2D eigenvalue weighted by atomic mass is 10.2. The molecule has 114 valence electrons. The van der Waals surface area contributed by atoms with Gasteiger partial charge in [-0.25, -0.2) is 0 Å². The zero-order valence-corrected chi connectivity index (χ0v) is 12.2. The molecule has 5 nitrogen and oxygen atoms in total. The number of aliphatic hydroxyl groups is 1. The molecule has 0 fully saturated rings. The van der Waals surface area contributed by atoms with Gasteiger partial charge in [0, 0.05) is 18.3 Å². The molecule has 1 unspecified atom stereocenters. The number of nitrogens with one attached hydrogen (secondary N) is 1. The number of aliphatic hydroxyl groups excluding tert-OH is 1. The van der Waals surface area contributed by atoms with Crippen LogP contribution in [0.2, 0.25) is 0 Å². The standard InChI is InChI=1S/C17H19N3O2/c21-13-16(17-7-4-8-22-17)18-9-15-10-19-20(12-15)11-14-5-2-1-3-6-14/h1-8,10,12,16,18,21H,9,11,13H2. The predicted molar refractivity (Wildman–Crippen MR) is 83.1 cm³/mol. The normalized spacial score (nSPS) is 12.4. The van der Waals surface area contributed by atoms with E-state index in [1.807, 2.05) is 47.4 Å². The van der Waals surface area contributed by atoms with Gasteiger partial charge in [-0.1, -0.05) is 30.3 Å². The number of benzene rings is 1. The topological polar surface area (TPSA) is 63.2 Å². The van der Waals surface area contributed by atoms with Crippen LogP contribution in [0.4, 0.5) is 0 Å². The third-order valence-corrected chi connectivity index (χ3v) is 3.50. The van der Waals surface area contributed by atoms with Gasteiger partial charge in [-0.2, -0.15) is 5.10 Å². The van der Waals surface area contributed by atoms with Crippen LogP contribution in [0, 0.1) is 0 Å². The lowest BCUT2D eigenvalue weighted by molar-refractivity contribution is 0.225. The number of rotatable bonds is 7. The van der Waals surface area contributed by atoms with Crippen LogP contribution in [0.5, 0.6) is 0 Å². The first kappa shape index (κ1) is 14.6. The lowest BCUT2D eigenvalue weighted by Gasteiger charge is -2.12. The zero-order chi connectivity index (χ0) is 15.2. The molecule has 0 amide bonds. The maximum absolute atomic E-state index is 9.43. The van der Waals surface area contributed by atoms with Gasteiger partial charge in [0.15, 0.2) is 0 Å². The second kappa shape index (κ2) is 7.06. The lowest BCUT2D eigenvalue weighted by Crippen LogP contribution is -2.23. The van der Waals surface area contributed by atoms with Gasteiger partial charge in [-0.15, -0.1) is 0 Å². The van der Waals surface area contributed by atoms with Crippen LogP contribution in [-0.2, 0) is 13.1 Å². The van der Waals surface area contributed by atoms with Crippen LogP contribution in [0.3, 0.4) is 0 Å². The van der Waals surface area contributed by atoms with E-state index >= 15 is 0 Å². The van der Waals surface area contributed by atoms with Gasteiger partial charge in [0.05, 0.1) is 31.7 Å². The molecule has 0 radical (unpaired) electrons. The van der Waals surface area contributed by atoms with E-state index in [0.717, 1.165) is 17.9 Å². The van der Waals surface area contributed by atoms with Crippen molar-refractivity contribution in [1.82, 2.24) is 15.1 Å². The van der Waals surface area contributed by atoms with Crippen LogP contribution >= 0.6 is 0 Å². The molecule has 3 aromatic rings. The number of furan rings is 1. The van der Waals surface area contributed by atoms with Crippen molar-refractivity contribution < 1.29 is 9.52 Å². The van der Waals surface area contributed by atoms with E-state index < -0.39 is 0 Å². The molecule has 0 spiro atoms. The minimum absolute atomic E-state index is 0.00827. The van der Waals surface area contributed by atoms with Crippen molar-refractivity contribution in [2.45, 2.75) is 19.1 Å². The van der Waals surface area contributed by atoms with Gasteiger partial charge < -0.3 is 14.8 Å². The van der Waals surface area contributed by atoms with Gasteiger partial charge in [0.2, 0.25) is 0 Å². The molecule has 0 aliphatic carbocycles. The summed E-state index contributed by atoms with van der Waals surface area (Å²) < 4.78 is 7.23. The van der Waals surface area contributed by atoms with Crippen LogP contribution in [0.1, 0.15) is 22.9 Å². The van der Waals surface area contributed by atoms with Gasteiger partial charge in [0.1, 0.15) is 5.76 Å². The average Bonchev–Trinajstić information content (AvgIpc) is 3.21. The molecule has 2 N–H and O–H groups in total. The Labute approximate surface area is 129 Å². The number of aromatic nitrogens is 2. The second-order valence-electron chi connectivity index (χ2n) is 5.16. The highest BCUT2D eigenvalue weighted by Gasteiger charge is 2.12. The molecule has 2 aromatic heterocycles. The molecule has 1 atom stereocenters.